The minimum atomic E-state index is -0.316. The highest BCUT2D eigenvalue weighted by atomic mass is 15.2. The molecule has 14 rings (SSSR count). The summed E-state index contributed by atoms with van der Waals surface area (Å²) in [7, 11) is 0. The molecule has 2 aliphatic heterocycles. The van der Waals surface area contributed by atoms with E-state index in [0.29, 0.717) is 17.9 Å². The minimum absolute atomic E-state index is 0.166. The Labute approximate surface area is 410 Å². The van der Waals surface area contributed by atoms with Crippen molar-refractivity contribution in [2.75, 3.05) is 4.90 Å². The molecule has 70 heavy (non-hydrogen) atoms. The minimum Gasteiger partial charge on any atom is -0.344 e. The SMILES string of the molecule is CC1(C)C2=C(C=CC3CC=CC=C23)c2cc3c4cc(-c5ccc(N6c7ccccc7C7C=CC=CC6C7)cc5)ccc4n(-c4cccc(C5N=C(c6ccccc6)N=C(C6=CC=CCC6)N5)c4)c3cc21. The Balaban J connectivity index is 0.909. The van der Waals surface area contributed by atoms with Crippen molar-refractivity contribution in [2.45, 2.75) is 63.1 Å². The quantitative estimate of drug-likeness (QED) is 0.181. The average molecular weight is 904 g/mol. The maximum Gasteiger partial charge on any atom is 0.159 e. The second-order valence-corrected chi connectivity index (χ2v) is 20.4. The van der Waals surface area contributed by atoms with Gasteiger partial charge in [-0.2, -0.15) is 0 Å². The Bertz CT molecular complexity index is 3670. The maximum atomic E-state index is 5.30. The van der Waals surface area contributed by atoms with E-state index in [1.54, 1.807) is 0 Å². The summed E-state index contributed by atoms with van der Waals surface area (Å²) >= 11 is 0. The number of nitrogens with one attached hydrogen (secondary N) is 1. The van der Waals surface area contributed by atoms with Gasteiger partial charge in [0.05, 0.1) is 17.1 Å². The van der Waals surface area contributed by atoms with Crippen molar-refractivity contribution >= 4 is 50.4 Å². The van der Waals surface area contributed by atoms with Crippen LogP contribution in [0.25, 0.3) is 44.2 Å². The van der Waals surface area contributed by atoms with Crippen molar-refractivity contribution in [1.82, 2.24) is 9.88 Å². The molecule has 3 heterocycles. The van der Waals surface area contributed by atoms with E-state index in [-0.39, 0.29) is 11.6 Å². The smallest absolute Gasteiger partial charge is 0.159 e. The van der Waals surface area contributed by atoms with E-state index in [4.69, 9.17) is 9.98 Å². The van der Waals surface area contributed by atoms with E-state index >= 15 is 0 Å². The molecular weight excluding hydrogens is 851 g/mol. The van der Waals surface area contributed by atoms with Crippen LogP contribution in [0.2, 0.25) is 0 Å². The van der Waals surface area contributed by atoms with E-state index in [1.807, 2.05) is 6.07 Å². The molecule has 7 aromatic rings. The summed E-state index contributed by atoms with van der Waals surface area (Å²) in [5.74, 6) is 2.50. The summed E-state index contributed by atoms with van der Waals surface area (Å²) in [4.78, 5) is 13.0. The lowest BCUT2D eigenvalue weighted by molar-refractivity contribution is 0.617. The van der Waals surface area contributed by atoms with Crippen LogP contribution >= 0.6 is 0 Å². The summed E-state index contributed by atoms with van der Waals surface area (Å²) in [6.07, 6.45) is 31.3. The van der Waals surface area contributed by atoms with Crippen LogP contribution in [0.5, 0.6) is 0 Å². The number of nitrogens with zero attached hydrogens (tertiary/aromatic N) is 4. The van der Waals surface area contributed by atoms with Crippen molar-refractivity contribution in [3.63, 3.8) is 0 Å². The highest BCUT2D eigenvalue weighted by Crippen LogP contribution is 2.56. The van der Waals surface area contributed by atoms with Crippen LogP contribution in [-0.4, -0.2) is 22.3 Å². The third-order valence-corrected chi connectivity index (χ3v) is 16.0. The number of benzene rings is 6. The normalized spacial score (nSPS) is 22.4. The predicted molar refractivity (Wildman–Crippen MR) is 291 cm³/mol. The number of rotatable bonds is 6. The number of allylic oxidation sites excluding steroid dienone is 14. The van der Waals surface area contributed by atoms with Crippen molar-refractivity contribution in [1.29, 1.82) is 0 Å². The number of hydrogen-bond acceptors (Lipinski definition) is 4. The molecule has 1 N–H and O–H groups in total. The van der Waals surface area contributed by atoms with Gasteiger partial charge < -0.3 is 14.8 Å². The van der Waals surface area contributed by atoms with E-state index in [0.717, 1.165) is 54.2 Å². The first-order valence-corrected chi connectivity index (χ1v) is 25.2. The summed E-state index contributed by atoms with van der Waals surface area (Å²) in [6, 6.07) is 50.0. The Hall–Kier alpha value is -8.02. The number of fused-ring (bicyclic) bond motifs is 11. The van der Waals surface area contributed by atoms with E-state index < -0.39 is 0 Å². The van der Waals surface area contributed by atoms with Gasteiger partial charge in [-0.15, -0.1) is 0 Å². The second kappa shape index (κ2) is 16.0. The zero-order chi connectivity index (χ0) is 46.5. The van der Waals surface area contributed by atoms with Gasteiger partial charge >= 0.3 is 0 Å². The van der Waals surface area contributed by atoms with Crippen LogP contribution in [0, 0.1) is 5.92 Å². The third-order valence-electron chi connectivity index (χ3n) is 16.0. The zero-order valence-electron chi connectivity index (χ0n) is 39.6. The Morgan fingerprint density at radius 1 is 0.657 bits per heavy atom. The molecule has 0 amide bonds. The molecule has 5 aliphatic carbocycles. The molecule has 6 aromatic carbocycles. The molecule has 2 bridgehead atoms. The molecule has 0 saturated heterocycles. The molecule has 5 heteroatoms. The number of hydrogen-bond donors (Lipinski definition) is 1. The Morgan fingerprint density at radius 2 is 1.49 bits per heavy atom. The zero-order valence-corrected chi connectivity index (χ0v) is 39.6. The summed E-state index contributed by atoms with van der Waals surface area (Å²) in [6.45, 7) is 4.87. The number of aliphatic imine (C=N–C) groups is 2. The summed E-state index contributed by atoms with van der Waals surface area (Å²) in [5, 5.41) is 6.27. The molecule has 7 aliphatic rings. The Morgan fingerprint density at radius 3 is 2.37 bits per heavy atom. The Kier molecular flexibility index (Phi) is 9.39. The average Bonchev–Trinajstić information content (AvgIpc) is 3.74. The fourth-order valence-corrected chi connectivity index (χ4v) is 12.6. The molecule has 4 atom stereocenters. The molecule has 4 unspecified atom stereocenters. The first-order chi connectivity index (χ1) is 34.4. The van der Waals surface area contributed by atoms with Gasteiger partial charge in [-0.1, -0.05) is 166 Å². The van der Waals surface area contributed by atoms with Crippen molar-refractivity contribution in [3.8, 4) is 16.8 Å². The lowest BCUT2D eigenvalue weighted by Crippen LogP contribution is -2.35. The molecule has 0 saturated carbocycles. The highest BCUT2D eigenvalue weighted by molar-refractivity contribution is 6.14. The molecule has 338 valence electrons. The van der Waals surface area contributed by atoms with E-state index in [9.17, 15) is 0 Å². The van der Waals surface area contributed by atoms with Crippen LogP contribution in [0.4, 0.5) is 11.4 Å². The van der Waals surface area contributed by atoms with Crippen molar-refractivity contribution in [2.24, 2.45) is 15.9 Å². The van der Waals surface area contributed by atoms with Crippen LogP contribution < -0.4 is 10.2 Å². The van der Waals surface area contributed by atoms with Gasteiger partial charge in [0.2, 0.25) is 0 Å². The largest absolute Gasteiger partial charge is 0.344 e. The third kappa shape index (κ3) is 6.51. The lowest BCUT2D eigenvalue weighted by atomic mass is 9.71. The molecule has 0 radical (unpaired) electrons. The first-order valence-electron chi connectivity index (χ1n) is 25.2. The van der Waals surface area contributed by atoms with Gasteiger partial charge in [0.25, 0.3) is 0 Å². The summed E-state index contributed by atoms with van der Waals surface area (Å²) < 4.78 is 2.50. The van der Waals surface area contributed by atoms with Gasteiger partial charge in [-0.25, -0.2) is 9.98 Å². The predicted octanol–water partition coefficient (Wildman–Crippen LogP) is 15.4. The molecule has 0 spiro atoms. The molecular formula is C65H53N5. The second-order valence-electron chi connectivity index (χ2n) is 20.4. The van der Waals surface area contributed by atoms with Crippen molar-refractivity contribution in [3.05, 3.63) is 251 Å². The fourth-order valence-electron chi connectivity index (χ4n) is 12.6. The summed E-state index contributed by atoms with van der Waals surface area (Å²) in [5.41, 5.74) is 20.0. The molecule has 5 nitrogen and oxygen atoms in total. The van der Waals surface area contributed by atoms with Gasteiger partial charge in [0.15, 0.2) is 5.84 Å². The highest BCUT2D eigenvalue weighted by Gasteiger charge is 2.42. The monoisotopic (exact) mass is 903 g/mol. The number of anilines is 2. The maximum absolute atomic E-state index is 5.30. The van der Waals surface area contributed by atoms with E-state index in [1.165, 1.54) is 83.3 Å². The van der Waals surface area contributed by atoms with Crippen molar-refractivity contribution < 1.29 is 0 Å². The number of para-hydroxylation sites is 1. The van der Waals surface area contributed by atoms with Gasteiger partial charge in [0, 0.05) is 50.6 Å². The van der Waals surface area contributed by atoms with Crippen LogP contribution in [0.1, 0.15) is 79.4 Å². The standard InChI is InChI=1S/C65H53N5/c1-65(2)57-40-60-56(39-54(57)53-34-30-42-16-10-12-26-52(42)61(53)65)55-38-45(41-28-32-48(33-29-41)69-49-23-11-9-21-46(36-49)51-25-13-14-27-58(51)69)31-35-59(55)70(60)50-24-15-22-47(37-50)64-67-62(43-17-5-3-6-18-43)66-63(68-64)44-19-7-4-8-20-44/h3-7,9-15,17-19,21-35,37-40,42,46,49,64H,8,16,20,36H2,1-2H3,(H,66,67,68). The van der Waals surface area contributed by atoms with Crippen LogP contribution in [0.3, 0.4) is 0 Å². The van der Waals surface area contributed by atoms with Crippen LogP contribution in [-0.2, 0) is 5.41 Å². The van der Waals surface area contributed by atoms with Gasteiger partial charge in [0.1, 0.15) is 12.0 Å². The fraction of sp³-hybridized carbons (Fsp3) is 0.169. The number of aromatic nitrogens is 1. The van der Waals surface area contributed by atoms with Crippen LogP contribution in [0.15, 0.2) is 233 Å². The first kappa shape index (κ1) is 41.0. The lowest BCUT2D eigenvalue weighted by Gasteiger charge is -2.40. The van der Waals surface area contributed by atoms with Gasteiger partial charge in [-0.05, 0) is 136 Å². The molecule has 1 aromatic heterocycles. The van der Waals surface area contributed by atoms with Gasteiger partial charge in [-0.3, -0.25) is 0 Å². The van der Waals surface area contributed by atoms with E-state index in [2.05, 4.69) is 229 Å². The number of amidine groups is 2. The topological polar surface area (TPSA) is 44.9 Å². The molecule has 0 fully saturated rings.